The van der Waals surface area contributed by atoms with Gasteiger partial charge in [0.1, 0.15) is 29.7 Å². The van der Waals surface area contributed by atoms with Gasteiger partial charge in [-0.05, 0) is 42.8 Å². The van der Waals surface area contributed by atoms with Gasteiger partial charge in [0.15, 0.2) is 5.78 Å². The molecule has 33 heavy (non-hydrogen) atoms. The molecule has 0 saturated carbocycles. The Balaban J connectivity index is 1.76. The molecule has 0 bridgehead atoms. The van der Waals surface area contributed by atoms with Gasteiger partial charge < -0.3 is 31.1 Å². The first-order valence-electron chi connectivity index (χ1n) is 10.4. The van der Waals surface area contributed by atoms with E-state index in [1.54, 1.807) is 30.3 Å². The maximum Gasteiger partial charge on any atom is 0.247 e. The third-order valence-electron chi connectivity index (χ3n) is 5.35. The molecular weight excluding hydrogens is 428 g/mol. The molecule has 0 heterocycles. The van der Waals surface area contributed by atoms with Crippen LogP contribution in [0.2, 0.25) is 0 Å². The van der Waals surface area contributed by atoms with E-state index in [1.807, 2.05) is 0 Å². The van der Waals surface area contributed by atoms with Gasteiger partial charge in [-0.1, -0.05) is 24.3 Å². The van der Waals surface area contributed by atoms with Crippen LogP contribution in [0, 0.1) is 0 Å². The second kappa shape index (κ2) is 10.3. The van der Waals surface area contributed by atoms with E-state index in [0.717, 1.165) is 0 Å². The number of hydrogen-bond acceptors (Lipinski definition) is 7. The van der Waals surface area contributed by atoms with Crippen molar-refractivity contribution >= 4 is 17.6 Å². The monoisotopic (exact) mass is 454 g/mol. The largest absolute Gasteiger partial charge is 0.508 e. The van der Waals surface area contributed by atoms with Crippen LogP contribution < -0.4 is 15.8 Å². The summed E-state index contributed by atoms with van der Waals surface area (Å²) < 4.78 is 5.73. The van der Waals surface area contributed by atoms with E-state index in [2.05, 4.69) is 5.32 Å². The number of aliphatic hydroxyl groups is 2. The zero-order valence-corrected chi connectivity index (χ0v) is 18.0. The van der Waals surface area contributed by atoms with Gasteiger partial charge >= 0.3 is 0 Å². The number of phenolic OH excluding ortho intramolecular Hbond substituents is 1. The van der Waals surface area contributed by atoms with Crippen LogP contribution in [-0.4, -0.2) is 57.3 Å². The van der Waals surface area contributed by atoms with Gasteiger partial charge in [0.25, 0.3) is 0 Å². The number of ether oxygens (including phenoxy) is 1. The zero-order valence-electron chi connectivity index (χ0n) is 18.0. The van der Waals surface area contributed by atoms with E-state index >= 15 is 0 Å². The quantitative estimate of drug-likeness (QED) is 0.365. The van der Waals surface area contributed by atoms with Crippen LogP contribution >= 0.6 is 0 Å². The summed E-state index contributed by atoms with van der Waals surface area (Å²) in [6, 6.07) is 11.4. The predicted octanol–water partition coefficient (Wildman–Crippen LogP) is 0.607. The summed E-state index contributed by atoms with van der Waals surface area (Å²) in [5, 5.41) is 32.6. The van der Waals surface area contributed by atoms with Gasteiger partial charge in [0, 0.05) is 24.0 Å². The van der Waals surface area contributed by atoms with Crippen molar-refractivity contribution in [2.24, 2.45) is 5.73 Å². The minimum Gasteiger partial charge on any atom is -0.508 e. The van der Waals surface area contributed by atoms with Gasteiger partial charge in [-0.25, -0.2) is 0 Å². The van der Waals surface area contributed by atoms with E-state index in [0.29, 0.717) is 16.9 Å². The standard InChI is InChI=1S/C24H26N2O7/c1-13(27)15-3-2-4-18(10-15)33-21-12-16(11-20(29)22(21)30)24(32)26-19(23(25)31)9-14-5-7-17(28)8-6-14/h2-8,10,12,19-22,28-30H,9,11H2,1H3,(H2,25,31)(H,26,32)/t19-,20+,21-,22+/m0/s1. The molecule has 0 radical (unpaired) electrons. The molecular formula is C24H26N2O7. The number of ketones is 1. The first-order valence-corrected chi connectivity index (χ1v) is 10.4. The maximum absolute atomic E-state index is 12.8. The molecule has 174 valence electrons. The number of primary amides is 1. The Morgan fingerprint density at radius 1 is 1.15 bits per heavy atom. The van der Waals surface area contributed by atoms with Crippen molar-refractivity contribution in [3.05, 3.63) is 71.3 Å². The van der Waals surface area contributed by atoms with E-state index in [-0.39, 0.29) is 29.9 Å². The molecule has 0 saturated heterocycles. The summed E-state index contributed by atoms with van der Waals surface area (Å²) in [7, 11) is 0. The lowest BCUT2D eigenvalue weighted by Gasteiger charge is -2.31. The Labute approximate surface area is 190 Å². The third-order valence-corrected chi connectivity index (χ3v) is 5.35. The van der Waals surface area contributed by atoms with E-state index in [9.17, 15) is 29.7 Å². The zero-order chi connectivity index (χ0) is 24.1. The summed E-state index contributed by atoms with van der Waals surface area (Å²) in [5.74, 6) is -1.18. The fraction of sp³-hybridized carbons (Fsp3) is 0.292. The number of aromatic hydroxyl groups is 1. The van der Waals surface area contributed by atoms with Crippen molar-refractivity contribution in [2.75, 3.05) is 0 Å². The topological polar surface area (TPSA) is 159 Å². The van der Waals surface area contributed by atoms with Crippen LogP contribution in [0.15, 0.2) is 60.2 Å². The van der Waals surface area contributed by atoms with Crippen molar-refractivity contribution in [1.29, 1.82) is 0 Å². The van der Waals surface area contributed by atoms with E-state index in [4.69, 9.17) is 10.5 Å². The molecule has 2 aromatic carbocycles. The van der Waals surface area contributed by atoms with Gasteiger partial charge in [0.2, 0.25) is 11.8 Å². The van der Waals surface area contributed by atoms with Crippen molar-refractivity contribution in [3.8, 4) is 11.5 Å². The molecule has 0 fully saturated rings. The summed E-state index contributed by atoms with van der Waals surface area (Å²) in [5.41, 5.74) is 6.66. The highest BCUT2D eigenvalue weighted by atomic mass is 16.5. The minimum absolute atomic E-state index is 0.0678. The van der Waals surface area contributed by atoms with Crippen molar-refractivity contribution in [1.82, 2.24) is 5.32 Å². The Morgan fingerprint density at radius 3 is 2.48 bits per heavy atom. The summed E-state index contributed by atoms with van der Waals surface area (Å²) in [4.78, 5) is 36.3. The lowest BCUT2D eigenvalue weighted by Crippen LogP contribution is -2.49. The Bertz CT molecular complexity index is 1060. The molecule has 0 unspecified atom stereocenters. The van der Waals surface area contributed by atoms with Crippen LogP contribution in [0.5, 0.6) is 11.5 Å². The van der Waals surface area contributed by atoms with E-state index < -0.39 is 36.2 Å². The van der Waals surface area contributed by atoms with Gasteiger partial charge in [-0.15, -0.1) is 0 Å². The molecule has 9 nitrogen and oxygen atoms in total. The van der Waals surface area contributed by atoms with Crippen molar-refractivity contribution in [3.63, 3.8) is 0 Å². The summed E-state index contributed by atoms with van der Waals surface area (Å²) in [6.07, 6.45) is -2.29. The van der Waals surface area contributed by atoms with Gasteiger partial charge in [0.05, 0.1) is 6.10 Å². The number of rotatable bonds is 8. The number of carbonyl (C=O) groups excluding carboxylic acids is 3. The molecule has 0 spiro atoms. The molecule has 0 aliphatic heterocycles. The van der Waals surface area contributed by atoms with Crippen LogP contribution in [0.4, 0.5) is 0 Å². The predicted molar refractivity (Wildman–Crippen MR) is 119 cm³/mol. The molecule has 1 aliphatic carbocycles. The van der Waals surface area contributed by atoms with Crippen molar-refractivity contribution < 1.29 is 34.4 Å². The Kier molecular flexibility index (Phi) is 7.47. The molecule has 2 amide bonds. The lowest BCUT2D eigenvalue weighted by molar-refractivity contribution is -0.126. The smallest absolute Gasteiger partial charge is 0.247 e. The molecule has 6 N–H and O–H groups in total. The van der Waals surface area contributed by atoms with Crippen LogP contribution in [0.1, 0.15) is 29.3 Å². The number of phenols is 1. The SMILES string of the molecule is CC(=O)c1cccc(O[C@H]2C=C(C(=O)N[C@@H](Cc3ccc(O)cc3)C(N)=O)C[C@@H](O)[C@H]2O)c1. The van der Waals surface area contributed by atoms with Crippen molar-refractivity contribution in [2.45, 2.75) is 44.1 Å². The minimum atomic E-state index is -1.30. The fourth-order valence-corrected chi connectivity index (χ4v) is 3.49. The van der Waals surface area contributed by atoms with Crippen LogP contribution in [-0.2, 0) is 16.0 Å². The van der Waals surface area contributed by atoms with Gasteiger partial charge in [-0.3, -0.25) is 14.4 Å². The number of nitrogens with two attached hydrogens (primary N) is 1. The number of nitrogens with one attached hydrogen (secondary N) is 1. The highest BCUT2D eigenvalue weighted by molar-refractivity contribution is 5.97. The second-order valence-corrected chi connectivity index (χ2v) is 7.92. The summed E-state index contributed by atoms with van der Waals surface area (Å²) >= 11 is 0. The first kappa shape index (κ1) is 24.0. The number of hydrogen-bond donors (Lipinski definition) is 5. The molecule has 0 aromatic heterocycles. The average molecular weight is 454 g/mol. The number of benzene rings is 2. The molecule has 2 aromatic rings. The first-order chi connectivity index (χ1) is 15.6. The highest BCUT2D eigenvalue weighted by Gasteiger charge is 2.35. The molecule has 9 heteroatoms. The summed E-state index contributed by atoms with van der Waals surface area (Å²) in [6.45, 7) is 1.41. The molecule has 1 aliphatic rings. The number of aliphatic hydroxyl groups excluding tert-OH is 2. The lowest BCUT2D eigenvalue weighted by atomic mass is 9.91. The van der Waals surface area contributed by atoms with Gasteiger partial charge in [-0.2, -0.15) is 0 Å². The number of Topliss-reactive ketones (excluding diaryl/α,β-unsaturated/α-hetero) is 1. The van der Waals surface area contributed by atoms with Crippen LogP contribution in [0.3, 0.4) is 0 Å². The Hall–Kier alpha value is -3.69. The normalized spacial score (nSPS) is 20.9. The number of amides is 2. The third kappa shape index (κ3) is 6.18. The molecule has 3 rings (SSSR count). The highest BCUT2D eigenvalue weighted by Crippen LogP contribution is 2.25. The number of carbonyl (C=O) groups is 3. The average Bonchev–Trinajstić information content (AvgIpc) is 2.77. The van der Waals surface area contributed by atoms with Crippen LogP contribution in [0.25, 0.3) is 0 Å². The Morgan fingerprint density at radius 2 is 1.85 bits per heavy atom. The fourth-order valence-electron chi connectivity index (χ4n) is 3.49. The molecule has 4 atom stereocenters. The second-order valence-electron chi connectivity index (χ2n) is 7.92. The maximum atomic E-state index is 12.8. The van der Waals surface area contributed by atoms with E-state index in [1.165, 1.54) is 31.2 Å².